The van der Waals surface area contributed by atoms with E-state index in [4.69, 9.17) is 16.1 Å². The first kappa shape index (κ1) is 12.5. The van der Waals surface area contributed by atoms with Crippen molar-refractivity contribution in [2.45, 2.75) is 18.2 Å². The zero-order chi connectivity index (χ0) is 12.4. The van der Waals surface area contributed by atoms with E-state index in [2.05, 4.69) is 26.1 Å². The normalized spacial score (nSPS) is 12.7. The lowest BCUT2D eigenvalue weighted by Crippen LogP contribution is -1.88. The highest BCUT2D eigenvalue weighted by Gasteiger charge is 2.16. The van der Waals surface area contributed by atoms with Crippen LogP contribution in [0.1, 0.15) is 24.1 Å². The quantitative estimate of drug-likeness (QED) is 0.788. The van der Waals surface area contributed by atoms with Crippen LogP contribution in [0.3, 0.4) is 0 Å². The molecule has 0 radical (unpaired) electrons. The maximum Gasteiger partial charge on any atom is 0.240 e. The van der Waals surface area contributed by atoms with Gasteiger partial charge in [0.2, 0.25) is 11.7 Å². The van der Waals surface area contributed by atoms with Crippen LogP contribution in [0, 0.1) is 5.82 Å². The van der Waals surface area contributed by atoms with E-state index in [1.165, 1.54) is 18.2 Å². The van der Waals surface area contributed by atoms with Gasteiger partial charge in [-0.3, -0.25) is 0 Å². The van der Waals surface area contributed by atoms with Crippen molar-refractivity contribution in [1.82, 2.24) is 10.1 Å². The van der Waals surface area contributed by atoms with Gasteiger partial charge in [0, 0.05) is 5.56 Å². The number of hydrogen-bond donors (Lipinski definition) is 0. The van der Waals surface area contributed by atoms with E-state index in [1.807, 2.05) is 6.92 Å². The maximum atomic E-state index is 12.9. The molecular formula is C11H9BrClFN2O. The minimum absolute atomic E-state index is 0.0166. The Labute approximate surface area is 111 Å². The highest BCUT2D eigenvalue weighted by Crippen LogP contribution is 2.30. The zero-order valence-corrected chi connectivity index (χ0v) is 11.3. The lowest BCUT2D eigenvalue weighted by molar-refractivity contribution is 0.377. The Morgan fingerprint density at radius 2 is 2.29 bits per heavy atom. The van der Waals surface area contributed by atoms with Crippen LogP contribution in [0.5, 0.6) is 0 Å². The van der Waals surface area contributed by atoms with Crippen molar-refractivity contribution in [2.24, 2.45) is 0 Å². The average molecular weight is 320 g/mol. The van der Waals surface area contributed by atoms with Crippen LogP contribution in [-0.2, 0) is 0 Å². The molecule has 17 heavy (non-hydrogen) atoms. The van der Waals surface area contributed by atoms with E-state index in [9.17, 15) is 4.39 Å². The predicted molar refractivity (Wildman–Crippen MR) is 66.7 cm³/mol. The number of aromatic nitrogens is 2. The van der Waals surface area contributed by atoms with E-state index < -0.39 is 5.82 Å². The van der Waals surface area contributed by atoms with Crippen LogP contribution in [0.25, 0.3) is 11.4 Å². The van der Waals surface area contributed by atoms with Crippen LogP contribution < -0.4 is 0 Å². The summed E-state index contributed by atoms with van der Waals surface area (Å²) in [5, 5.41) is 4.09. The van der Waals surface area contributed by atoms with E-state index in [1.54, 1.807) is 0 Å². The van der Waals surface area contributed by atoms with Gasteiger partial charge in [0.25, 0.3) is 0 Å². The number of benzene rings is 1. The molecule has 0 aliphatic rings. The van der Waals surface area contributed by atoms with Gasteiger partial charge in [0.05, 0.1) is 9.85 Å². The van der Waals surface area contributed by atoms with Gasteiger partial charge in [-0.05, 0) is 24.6 Å². The first-order valence-corrected chi connectivity index (χ1v) is 6.34. The average Bonchev–Trinajstić information content (AvgIpc) is 2.77. The van der Waals surface area contributed by atoms with E-state index in [0.29, 0.717) is 17.3 Å². The molecule has 0 N–H and O–H groups in total. The summed E-state index contributed by atoms with van der Waals surface area (Å²) in [6, 6.07) is 4.06. The second kappa shape index (κ2) is 5.14. The van der Waals surface area contributed by atoms with Crippen molar-refractivity contribution >= 4 is 27.5 Å². The fourth-order valence-corrected chi connectivity index (χ4v) is 1.75. The molecule has 1 atom stereocenters. The maximum absolute atomic E-state index is 12.9. The zero-order valence-electron chi connectivity index (χ0n) is 8.95. The number of nitrogens with zero attached hydrogens (tertiary/aromatic N) is 2. The number of alkyl halides is 1. The first-order chi connectivity index (χ1) is 8.11. The molecule has 0 aliphatic heterocycles. The van der Waals surface area contributed by atoms with Crippen molar-refractivity contribution < 1.29 is 8.91 Å². The molecule has 2 rings (SSSR count). The van der Waals surface area contributed by atoms with Gasteiger partial charge in [-0.25, -0.2) is 4.39 Å². The van der Waals surface area contributed by atoms with E-state index >= 15 is 0 Å². The van der Waals surface area contributed by atoms with Gasteiger partial charge in [-0.15, -0.1) is 0 Å². The molecule has 90 valence electrons. The van der Waals surface area contributed by atoms with Gasteiger partial charge in [0.15, 0.2) is 0 Å². The molecule has 1 aromatic carbocycles. The van der Waals surface area contributed by atoms with Crippen LogP contribution in [-0.4, -0.2) is 10.1 Å². The van der Waals surface area contributed by atoms with Crippen LogP contribution in [0.15, 0.2) is 22.7 Å². The SMILES string of the molecule is CCC(Br)c1nc(-c2ccc(F)cc2Cl)no1. The van der Waals surface area contributed by atoms with Crippen LogP contribution in [0.4, 0.5) is 4.39 Å². The molecule has 2 aromatic rings. The molecule has 0 amide bonds. The third-order valence-corrected chi connectivity index (χ3v) is 3.59. The molecule has 0 bridgehead atoms. The standard InChI is InChI=1S/C11H9BrClFN2O/c1-2-8(12)11-15-10(16-17-11)7-4-3-6(14)5-9(7)13/h3-5,8H,2H2,1H3. The summed E-state index contributed by atoms with van der Waals surface area (Å²) in [7, 11) is 0. The van der Waals surface area contributed by atoms with E-state index in [-0.39, 0.29) is 9.85 Å². The third kappa shape index (κ3) is 2.66. The summed E-state index contributed by atoms with van der Waals surface area (Å²) in [5.41, 5.74) is 0.555. The molecule has 0 saturated heterocycles. The minimum atomic E-state index is -0.394. The topological polar surface area (TPSA) is 38.9 Å². The Kier molecular flexibility index (Phi) is 3.79. The molecule has 6 heteroatoms. The van der Waals surface area contributed by atoms with Crippen LogP contribution >= 0.6 is 27.5 Å². The Morgan fingerprint density at radius 1 is 1.53 bits per heavy atom. The molecule has 0 aliphatic carbocycles. The predicted octanol–water partition coefficient (Wildman–Crippen LogP) is 4.38. The monoisotopic (exact) mass is 318 g/mol. The molecule has 0 fully saturated rings. The number of hydrogen-bond acceptors (Lipinski definition) is 3. The van der Waals surface area contributed by atoms with Gasteiger partial charge in [-0.1, -0.05) is 39.6 Å². The lowest BCUT2D eigenvalue weighted by Gasteiger charge is -1.98. The third-order valence-electron chi connectivity index (χ3n) is 2.24. The Hall–Kier alpha value is -0.940. The van der Waals surface area contributed by atoms with Crippen LogP contribution in [0.2, 0.25) is 5.02 Å². The smallest absolute Gasteiger partial charge is 0.240 e. The fourth-order valence-electron chi connectivity index (χ4n) is 1.32. The first-order valence-electron chi connectivity index (χ1n) is 5.05. The lowest BCUT2D eigenvalue weighted by atomic mass is 10.2. The molecule has 0 spiro atoms. The number of rotatable bonds is 3. The van der Waals surface area contributed by atoms with Gasteiger partial charge < -0.3 is 4.52 Å². The van der Waals surface area contributed by atoms with Crippen molar-refractivity contribution in [3.05, 3.63) is 34.9 Å². The Morgan fingerprint density at radius 3 is 2.94 bits per heavy atom. The van der Waals surface area contributed by atoms with Crippen molar-refractivity contribution in [2.75, 3.05) is 0 Å². The summed E-state index contributed by atoms with van der Waals surface area (Å²) in [4.78, 5) is 4.23. The Bertz CT molecular complexity index is 532. The van der Waals surface area contributed by atoms with Crippen molar-refractivity contribution in [3.63, 3.8) is 0 Å². The highest BCUT2D eigenvalue weighted by molar-refractivity contribution is 9.09. The second-order valence-electron chi connectivity index (χ2n) is 3.46. The number of halogens is 3. The second-order valence-corrected chi connectivity index (χ2v) is 4.97. The Balaban J connectivity index is 2.37. The summed E-state index contributed by atoms with van der Waals surface area (Å²) in [6.07, 6.45) is 0.832. The van der Waals surface area contributed by atoms with Gasteiger partial charge >= 0.3 is 0 Å². The summed E-state index contributed by atoms with van der Waals surface area (Å²) in [6.45, 7) is 1.99. The summed E-state index contributed by atoms with van der Waals surface area (Å²) >= 11 is 9.33. The highest BCUT2D eigenvalue weighted by atomic mass is 79.9. The van der Waals surface area contributed by atoms with Crippen molar-refractivity contribution in [1.29, 1.82) is 0 Å². The fraction of sp³-hybridized carbons (Fsp3) is 0.273. The molecule has 3 nitrogen and oxygen atoms in total. The largest absolute Gasteiger partial charge is 0.338 e. The van der Waals surface area contributed by atoms with Gasteiger partial charge in [0.1, 0.15) is 5.82 Å². The molecule has 0 saturated carbocycles. The van der Waals surface area contributed by atoms with E-state index in [0.717, 1.165) is 6.42 Å². The molecule has 1 aromatic heterocycles. The minimum Gasteiger partial charge on any atom is -0.338 e. The van der Waals surface area contributed by atoms with Gasteiger partial charge in [-0.2, -0.15) is 4.98 Å². The summed E-state index contributed by atoms with van der Waals surface area (Å²) < 4.78 is 18.0. The molecule has 1 unspecified atom stereocenters. The molecule has 1 heterocycles. The summed E-state index contributed by atoms with van der Waals surface area (Å²) in [5.74, 6) is 0.459. The molecular weight excluding hydrogens is 310 g/mol. The van der Waals surface area contributed by atoms with Crippen molar-refractivity contribution in [3.8, 4) is 11.4 Å².